The van der Waals surface area contributed by atoms with Gasteiger partial charge in [0.05, 0.1) is 17.2 Å². The molecule has 22 heavy (non-hydrogen) atoms. The van der Waals surface area contributed by atoms with Gasteiger partial charge in [0.25, 0.3) is 0 Å². The number of thiocarbonyl (C=S) groups is 1. The molecule has 0 spiro atoms. The average molecular weight is 313 g/mol. The van der Waals surface area contributed by atoms with Gasteiger partial charge < -0.3 is 10.5 Å². The van der Waals surface area contributed by atoms with Crippen molar-refractivity contribution in [2.75, 3.05) is 6.61 Å². The molecule has 0 saturated carbocycles. The van der Waals surface area contributed by atoms with Gasteiger partial charge in [-0.1, -0.05) is 54.7 Å². The SMILES string of the molecule is NC(=S)Cc1cccc(C(=O)OCCCc2ccccc2)c1. The molecule has 0 aliphatic carbocycles. The molecule has 2 N–H and O–H groups in total. The van der Waals surface area contributed by atoms with Crippen molar-refractivity contribution < 1.29 is 9.53 Å². The second-order valence-electron chi connectivity index (χ2n) is 5.07. The van der Waals surface area contributed by atoms with Crippen LogP contribution in [0.15, 0.2) is 54.6 Å². The van der Waals surface area contributed by atoms with Crippen LogP contribution in [0.1, 0.15) is 27.9 Å². The van der Waals surface area contributed by atoms with E-state index in [0.717, 1.165) is 18.4 Å². The van der Waals surface area contributed by atoms with Gasteiger partial charge >= 0.3 is 5.97 Å². The third-order valence-corrected chi connectivity index (χ3v) is 3.37. The quantitative estimate of drug-likeness (QED) is 0.484. The van der Waals surface area contributed by atoms with E-state index in [4.69, 9.17) is 22.7 Å². The number of hydrogen-bond donors (Lipinski definition) is 1. The summed E-state index contributed by atoms with van der Waals surface area (Å²) in [4.78, 5) is 12.4. The predicted molar refractivity (Wildman–Crippen MR) is 92.0 cm³/mol. The van der Waals surface area contributed by atoms with E-state index in [9.17, 15) is 4.79 Å². The first-order valence-corrected chi connectivity index (χ1v) is 7.64. The number of hydrogen-bond acceptors (Lipinski definition) is 3. The van der Waals surface area contributed by atoms with Gasteiger partial charge in [0, 0.05) is 6.42 Å². The summed E-state index contributed by atoms with van der Waals surface area (Å²) >= 11 is 4.88. The summed E-state index contributed by atoms with van der Waals surface area (Å²) in [7, 11) is 0. The molecular formula is C18H19NO2S. The minimum atomic E-state index is -0.308. The summed E-state index contributed by atoms with van der Waals surface area (Å²) in [6.45, 7) is 0.410. The number of rotatable bonds is 7. The molecule has 0 aromatic heterocycles. The summed E-state index contributed by atoms with van der Waals surface area (Å²) in [6, 6.07) is 17.4. The molecule has 0 saturated heterocycles. The van der Waals surface area contributed by atoms with E-state index in [0.29, 0.717) is 23.6 Å². The maximum Gasteiger partial charge on any atom is 0.338 e. The Morgan fingerprint density at radius 2 is 1.77 bits per heavy atom. The number of aryl methyl sites for hydroxylation is 1. The van der Waals surface area contributed by atoms with Crippen LogP contribution in [0.4, 0.5) is 0 Å². The zero-order valence-corrected chi connectivity index (χ0v) is 13.1. The predicted octanol–water partition coefficient (Wildman–Crippen LogP) is 3.30. The van der Waals surface area contributed by atoms with Gasteiger partial charge in [0.15, 0.2) is 0 Å². The first kappa shape index (κ1) is 16.2. The highest BCUT2D eigenvalue weighted by Gasteiger charge is 2.08. The fraction of sp³-hybridized carbons (Fsp3) is 0.222. The summed E-state index contributed by atoms with van der Waals surface area (Å²) in [5.41, 5.74) is 8.22. The highest BCUT2D eigenvalue weighted by molar-refractivity contribution is 7.80. The van der Waals surface area contributed by atoms with Gasteiger partial charge in [-0.2, -0.15) is 0 Å². The maximum absolute atomic E-state index is 12.0. The fourth-order valence-corrected chi connectivity index (χ4v) is 2.35. The van der Waals surface area contributed by atoms with Crippen LogP contribution < -0.4 is 5.73 Å². The Bertz CT molecular complexity index is 641. The van der Waals surface area contributed by atoms with E-state index in [1.54, 1.807) is 12.1 Å². The average Bonchev–Trinajstić information content (AvgIpc) is 2.52. The number of carbonyl (C=O) groups is 1. The smallest absolute Gasteiger partial charge is 0.338 e. The molecule has 2 aromatic rings. The van der Waals surface area contributed by atoms with Gasteiger partial charge in [-0.05, 0) is 36.1 Å². The van der Waals surface area contributed by atoms with Gasteiger partial charge in [-0.15, -0.1) is 0 Å². The Morgan fingerprint density at radius 3 is 2.50 bits per heavy atom. The highest BCUT2D eigenvalue weighted by atomic mass is 32.1. The Labute approximate surface area is 136 Å². The first-order chi connectivity index (χ1) is 10.6. The molecule has 2 aromatic carbocycles. The van der Waals surface area contributed by atoms with Crippen LogP contribution in [0.3, 0.4) is 0 Å². The summed E-state index contributed by atoms with van der Waals surface area (Å²) in [6.07, 6.45) is 2.20. The number of esters is 1. The lowest BCUT2D eigenvalue weighted by Crippen LogP contribution is -2.12. The summed E-state index contributed by atoms with van der Waals surface area (Å²) < 4.78 is 5.31. The molecule has 0 aliphatic heterocycles. The Morgan fingerprint density at radius 1 is 1.05 bits per heavy atom. The molecule has 0 atom stereocenters. The van der Waals surface area contributed by atoms with Crippen molar-refractivity contribution in [2.45, 2.75) is 19.3 Å². The van der Waals surface area contributed by atoms with Crippen LogP contribution in [-0.2, 0) is 17.6 Å². The third kappa shape index (κ3) is 5.30. The van der Waals surface area contributed by atoms with Crippen molar-refractivity contribution in [3.05, 3.63) is 71.3 Å². The molecule has 2 rings (SSSR count). The summed E-state index contributed by atoms with van der Waals surface area (Å²) in [5.74, 6) is -0.308. The Kier molecular flexibility index (Phi) is 6.10. The molecule has 0 fully saturated rings. The molecule has 0 heterocycles. The monoisotopic (exact) mass is 313 g/mol. The van der Waals surface area contributed by atoms with Crippen LogP contribution in [0.2, 0.25) is 0 Å². The van der Waals surface area contributed by atoms with Crippen LogP contribution in [0.5, 0.6) is 0 Å². The molecular weight excluding hydrogens is 294 g/mol. The molecule has 0 aliphatic rings. The van der Waals surface area contributed by atoms with Crippen LogP contribution in [0, 0.1) is 0 Å². The van der Waals surface area contributed by atoms with Crippen molar-refractivity contribution in [1.29, 1.82) is 0 Å². The number of carbonyl (C=O) groups excluding carboxylic acids is 1. The van der Waals surface area contributed by atoms with E-state index in [1.807, 2.05) is 30.3 Å². The van der Waals surface area contributed by atoms with E-state index >= 15 is 0 Å². The van der Waals surface area contributed by atoms with E-state index in [-0.39, 0.29) is 5.97 Å². The van der Waals surface area contributed by atoms with Crippen molar-refractivity contribution in [2.24, 2.45) is 5.73 Å². The summed E-state index contributed by atoms with van der Waals surface area (Å²) in [5, 5.41) is 0. The van der Waals surface area contributed by atoms with Crippen molar-refractivity contribution in [3.63, 3.8) is 0 Å². The largest absolute Gasteiger partial charge is 0.462 e. The van der Waals surface area contributed by atoms with E-state index in [1.165, 1.54) is 5.56 Å². The lowest BCUT2D eigenvalue weighted by Gasteiger charge is -2.06. The lowest BCUT2D eigenvalue weighted by molar-refractivity contribution is 0.0500. The maximum atomic E-state index is 12.0. The number of benzene rings is 2. The third-order valence-electron chi connectivity index (χ3n) is 3.23. The van der Waals surface area contributed by atoms with Crippen LogP contribution in [0.25, 0.3) is 0 Å². The van der Waals surface area contributed by atoms with E-state index in [2.05, 4.69) is 12.1 Å². The molecule has 0 unspecified atom stereocenters. The second kappa shape index (κ2) is 8.29. The van der Waals surface area contributed by atoms with Crippen molar-refractivity contribution >= 4 is 23.2 Å². The van der Waals surface area contributed by atoms with Gasteiger partial charge in [0.1, 0.15) is 0 Å². The molecule has 4 heteroatoms. The van der Waals surface area contributed by atoms with Crippen LogP contribution in [-0.4, -0.2) is 17.6 Å². The Balaban J connectivity index is 1.81. The van der Waals surface area contributed by atoms with Crippen molar-refractivity contribution in [1.82, 2.24) is 0 Å². The molecule has 114 valence electrons. The van der Waals surface area contributed by atoms with Gasteiger partial charge in [-0.3, -0.25) is 0 Å². The molecule has 3 nitrogen and oxygen atoms in total. The topological polar surface area (TPSA) is 52.3 Å². The normalized spacial score (nSPS) is 10.2. The first-order valence-electron chi connectivity index (χ1n) is 7.23. The second-order valence-corrected chi connectivity index (χ2v) is 5.59. The zero-order valence-electron chi connectivity index (χ0n) is 12.3. The standard InChI is InChI=1S/C18H19NO2S/c19-17(22)13-15-8-4-10-16(12-15)18(20)21-11-5-9-14-6-2-1-3-7-14/h1-4,6-8,10,12H,5,9,11,13H2,(H2,19,22). The molecule has 0 bridgehead atoms. The number of nitrogens with two attached hydrogens (primary N) is 1. The Hall–Kier alpha value is -2.20. The van der Waals surface area contributed by atoms with Gasteiger partial charge in [-0.25, -0.2) is 4.79 Å². The van der Waals surface area contributed by atoms with Crippen molar-refractivity contribution in [3.8, 4) is 0 Å². The molecule has 0 radical (unpaired) electrons. The zero-order chi connectivity index (χ0) is 15.8. The van der Waals surface area contributed by atoms with Crippen LogP contribution >= 0.6 is 12.2 Å². The number of ether oxygens (including phenoxy) is 1. The van der Waals surface area contributed by atoms with Gasteiger partial charge in [0.2, 0.25) is 0 Å². The highest BCUT2D eigenvalue weighted by Crippen LogP contribution is 2.09. The fourth-order valence-electron chi connectivity index (χ4n) is 2.18. The van der Waals surface area contributed by atoms with E-state index < -0.39 is 0 Å². The minimum Gasteiger partial charge on any atom is -0.462 e. The molecule has 0 amide bonds. The minimum absolute atomic E-state index is 0.308. The lowest BCUT2D eigenvalue weighted by atomic mass is 10.1.